The summed E-state index contributed by atoms with van der Waals surface area (Å²) in [5, 5.41) is 3.66. The Morgan fingerprint density at radius 1 is 1.29 bits per heavy atom. The van der Waals surface area contributed by atoms with E-state index >= 15 is 0 Å². The zero-order valence-electron chi connectivity index (χ0n) is 12.1. The molecule has 3 heteroatoms. The zero-order valence-corrected chi connectivity index (χ0v) is 12.1. The van der Waals surface area contributed by atoms with Gasteiger partial charge in [0.05, 0.1) is 6.61 Å². The highest BCUT2D eigenvalue weighted by molar-refractivity contribution is 4.94. The minimum absolute atomic E-state index is 0.307. The minimum Gasteiger partial charge on any atom is -0.380 e. The molecule has 0 radical (unpaired) electrons. The predicted octanol–water partition coefficient (Wildman–Crippen LogP) is 2.27. The summed E-state index contributed by atoms with van der Waals surface area (Å²) < 4.78 is 5.63. The van der Waals surface area contributed by atoms with Crippen LogP contribution in [0.1, 0.15) is 47.0 Å². The quantitative estimate of drug-likeness (QED) is 0.693. The second-order valence-electron chi connectivity index (χ2n) is 5.39. The largest absolute Gasteiger partial charge is 0.380 e. The van der Waals surface area contributed by atoms with Crippen molar-refractivity contribution in [3.63, 3.8) is 0 Å². The summed E-state index contributed by atoms with van der Waals surface area (Å²) >= 11 is 0. The van der Waals surface area contributed by atoms with Crippen LogP contribution in [0.25, 0.3) is 0 Å². The van der Waals surface area contributed by atoms with E-state index in [4.69, 9.17) is 4.74 Å². The molecule has 1 fully saturated rings. The normalized spacial score (nSPS) is 30.7. The molecule has 0 bridgehead atoms. The molecular weight excluding hydrogens is 212 g/mol. The Morgan fingerprint density at radius 2 is 2.06 bits per heavy atom. The molecule has 0 spiro atoms. The SMILES string of the molecule is CCCOCCN1CC(CC)NCC1(C)CC. The first-order valence-corrected chi connectivity index (χ1v) is 7.22. The Hall–Kier alpha value is -0.120. The Morgan fingerprint density at radius 3 is 2.65 bits per heavy atom. The summed E-state index contributed by atoms with van der Waals surface area (Å²) in [5.74, 6) is 0. The highest BCUT2D eigenvalue weighted by atomic mass is 16.5. The summed E-state index contributed by atoms with van der Waals surface area (Å²) in [6, 6.07) is 0.654. The molecular formula is C14H30N2O. The molecule has 0 aliphatic carbocycles. The van der Waals surface area contributed by atoms with Crippen LogP contribution in [0.2, 0.25) is 0 Å². The van der Waals surface area contributed by atoms with E-state index in [0.29, 0.717) is 11.6 Å². The molecule has 0 aromatic heterocycles. The van der Waals surface area contributed by atoms with Gasteiger partial charge in [0.1, 0.15) is 0 Å². The molecule has 0 aromatic carbocycles. The molecule has 1 aliphatic rings. The molecule has 1 heterocycles. The monoisotopic (exact) mass is 242 g/mol. The van der Waals surface area contributed by atoms with E-state index in [2.05, 4.69) is 37.9 Å². The first kappa shape index (κ1) is 14.9. The smallest absolute Gasteiger partial charge is 0.0593 e. The second-order valence-corrected chi connectivity index (χ2v) is 5.39. The average Bonchev–Trinajstić information content (AvgIpc) is 2.36. The number of nitrogens with zero attached hydrogens (tertiary/aromatic N) is 1. The highest BCUT2D eigenvalue weighted by Crippen LogP contribution is 2.23. The van der Waals surface area contributed by atoms with Gasteiger partial charge in [-0.25, -0.2) is 0 Å². The van der Waals surface area contributed by atoms with Crippen LogP contribution in [0.15, 0.2) is 0 Å². The van der Waals surface area contributed by atoms with Gasteiger partial charge in [-0.15, -0.1) is 0 Å². The lowest BCUT2D eigenvalue weighted by Gasteiger charge is -2.47. The van der Waals surface area contributed by atoms with E-state index in [-0.39, 0.29) is 0 Å². The molecule has 17 heavy (non-hydrogen) atoms. The molecule has 1 rings (SSSR count). The van der Waals surface area contributed by atoms with E-state index in [1.165, 1.54) is 12.8 Å². The van der Waals surface area contributed by atoms with Crippen LogP contribution in [-0.2, 0) is 4.74 Å². The van der Waals surface area contributed by atoms with Crippen molar-refractivity contribution in [3.8, 4) is 0 Å². The van der Waals surface area contributed by atoms with Crippen LogP contribution >= 0.6 is 0 Å². The lowest BCUT2D eigenvalue weighted by atomic mass is 9.91. The topological polar surface area (TPSA) is 24.5 Å². The minimum atomic E-state index is 0.307. The summed E-state index contributed by atoms with van der Waals surface area (Å²) in [7, 11) is 0. The molecule has 2 unspecified atom stereocenters. The van der Waals surface area contributed by atoms with Crippen molar-refractivity contribution < 1.29 is 4.74 Å². The lowest BCUT2D eigenvalue weighted by molar-refractivity contribution is 0.0167. The number of nitrogens with one attached hydrogen (secondary N) is 1. The number of hydrogen-bond donors (Lipinski definition) is 1. The van der Waals surface area contributed by atoms with E-state index in [1.54, 1.807) is 0 Å². The lowest BCUT2D eigenvalue weighted by Crippen LogP contribution is -2.63. The summed E-state index contributed by atoms with van der Waals surface area (Å²) in [6.07, 6.45) is 3.53. The Kier molecular flexibility index (Phi) is 6.45. The maximum atomic E-state index is 5.63. The van der Waals surface area contributed by atoms with E-state index in [9.17, 15) is 0 Å². The van der Waals surface area contributed by atoms with Crippen molar-refractivity contribution in [1.29, 1.82) is 0 Å². The van der Waals surface area contributed by atoms with Crippen LogP contribution in [0.5, 0.6) is 0 Å². The van der Waals surface area contributed by atoms with Gasteiger partial charge < -0.3 is 10.1 Å². The molecule has 1 saturated heterocycles. The average molecular weight is 242 g/mol. The van der Waals surface area contributed by atoms with Gasteiger partial charge in [0.25, 0.3) is 0 Å². The van der Waals surface area contributed by atoms with E-state index in [0.717, 1.165) is 39.3 Å². The van der Waals surface area contributed by atoms with Crippen molar-refractivity contribution in [3.05, 3.63) is 0 Å². The molecule has 1 aliphatic heterocycles. The van der Waals surface area contributed by atoms with Crippen molar-refractivity contribution >= 4 is 0 Å². The van der Waals surface area contributed by atoms with E-state index in [1.807, 2.05) is 0 Å². The summed E-state index contributed by atoms with van der Waals surface area (Å²) in [6.45, 7) is 14.2. The van der Waals surface area contributed by atoms with Crippen LogP contribution in [0.3, 0.4) is 0 Å². The Balaban J connectivity index is 2.43. The molecule has 102 valence electrons. The van der Waals surface area contributed by atoms with Gasteiger partial charge in [-0.1, -0.05) is 20.8 Å². The molecule has 0 aromatic rings. The van der Waals surface area contributed by atoms with Crippen LogP contribution in [0, 0.1) is 0 Å². The third-order valence-electron chi connectivity index (χ3n) is 4.08. The molecule has 0 saturated carbocycles. The number of piperazine rings is 1. The van der Waals surface area contributed by atoms with Gasteiger partial charge in [-0.05, 0) is 26.2 Å². The van der Waals surface area contributed by atoms with Crippen molar-refractivity contribution in [2.45, 2.75) is 58.5 Å². The number of ether oxygens (including phenoxy) is 1. The molecule has 1 N–H and O–H groups in total. The Bertz CT molecular complexity index is 210. The van der Waals surface area contributed by atoms with Gasteiger partial charge in [0, 0.05) is 37.8 Å². The number of hydrogen-bond acceptors (Lipinski definition) is 3. The fourth-order valence-corrected chi connectivity index (χ4v) is 2.43. The zero-order chi connectivity index (χ0) is 12.7. The summed E-state index contributed by atoms with van der Waals surface area (Å²) in [4.78, 5) is 2.62. The predicted molar refractivity (Wildman–Crippen MR) is 73.5 cm³/mol. The van der Waals surface area contributed by atoms with Crippen molar-refractivity contribution in [2.75, 3.05) is 32.8 Å². The van der Waals surface area contributed by atoms with Crippen molar-refractivity contribution in [2.24, 2.45) is 0 Å². The first-order chi connectivity index (χ1) is 8.16. The Labute approximate surface area is 107 Å². The maximum Gasteiger partial charge on any atom is 0.0593 e. The van der Waals surface area contributed by atoms with Gasteiger partial charge in [-0.2, -0.15) is 0 Å². The van der Waals surface area contributed by atoms with Gasteiger partial charge in [0.15, 0.2) is 0 Å². The van der Waals surface area contributed by atoms with E-state index < -0.39 is 0 Å². The fourth-order valence-electron chi connectivity index (χ4n) is 2.43. The van der Waals surface area contributed by atoms with Crippen molar-refractivity contribution in [1.82, 2.24) is 10.2 Å². The fraction of sp³-hybridized carbons (Fsp3) is 1.00. The standard InChI is InChI=1S/C14H30N2O/c1-5-9-17-10-8-16-11-13(6-2)15-12-14(16,4)7-3/h13,15H,5-12H2,1-4H3. The molecule has 2 atom stereocenters. The van der Waals surface area contributed by atoms with Crippen LogP contribution in [0.4, 0.5) is 0 Å². The molecule has 0 amide bonds. The number of rotatable bonds is 7. The maximum absolute atomic E-state index is 5.63. The molecule has 3 nitrogen and oxygen atoms in total. The second kappa shape index (κ2) is 7.34. The first-order valence-electron chi connectivity index (χ1n) is 7.22. The summed E-state index contributed by atoms with van der Waals surface area (Å²) in [5.41, 5.74) is 0.307. The van der Waals surface area contributed by atoms with Gasteiger partial charge in [0.2, 0.25) is 0 Å². The highest BCUT2D eigenvalue weighted by Gasteiger charge is 2.35. The third-order valence-corrected chi connectivity index (χ3v) is 4.08. The van der Waals surface area contributed by atoms with Crippen LogP contribution < -0.4 is 5.32 Å². The van der Waals surface area contributed by atoms with Gasteiger partial charge in [-0.3, -0.25) is 4.90 Å². The van der Waals surface area contributed by atoms with Gasteiger partial charge >= 0.3 is 0 Å². The van der Waals surface area contributed by atoms with Crippen LogP contribution in [-0.4, -0.2) is 49.3 Å². The third kappa shape index (κ3) is 4.23.